The SMILES string of the molecule is Cc1cc(CCc2cc(C(=O)O)cc(N(C)C)c2)cc(C)c1O. The molecule has 122 valence electrons. The molecule has 0 aliphatic rings. The summed E-state index contributed by atoms with van der Waals surface area (Å²) in [4.78, 5) is 13.2. The van der Waals surface area contributed by atoms with Gasteiger partial charge in [0.25, 0.3) is 0 Å². The smallest absolute Gasteiger partial charge is 0.335 e. The second kappa shape index (κ2) is 6.73. The molecule has 0 saturated carbocycles. The van der Waals surface area contributed by atoms with Crippen LogP contribution in [0, 0.1) is 13.8 Å². The van der Waals surface area contributed by atoms with Gasteiger partial charge in [-0.25, -0.2) is 4.79 Å². The van der Waals surface area contributed by atoms with E-state index in [-0.39, 0.29) is 0 Å². The van der Waals surface area contributed by atoms with E-state index in [4.69, 9.17) is 0 Å². The molecule has 2 N–H and O–H groups in total. The maximum Gasteiger partial charge on any atom is 0.335 e. The zero-order valence-electron chi connectivity index (χ0n) is 14.1. The third-order valence-electron chi connectivity index (χ3n) is 3.99. The normalized spacial score (nSPS) is 10.6. The van der Waals surface area contributed by atoms with Crippen LogP contribution in [0.5, 0.6) is 5.75 Å². The van der Waals surface area contributed by atoms with Gasteiger partial charge in [0.15, 0.2) is 0 Å². The molecule has 0 aliphatic carbocycles. The summed E-state index contributed by atoms with van der Waals surface area (Å²) in [6.45, 7) is 3.78. The van der Waals surface area contributed by atoms with Crippen LogP contribution in [-0.4, -0.2) is 30.3 Å². The molecular weight excluding hydrogens is 290 g/mol. The summed E-state index contributed by atoms with van der Waals surface area (Å²) in [7, 11) is 3.80. The number of anilines is 1. The van der Waals surface area contributed by atoms with Gasteiger partial charge in [-0.15, -0.1) is 0 Å². The van der Waals surface area contributed by atoms with Crippen molar-refractivity contribution < 1.29 is 15.0 Å². The number of carbonyl (C=O) groups is 1. The van der Waals surface area contributed by atoms with Crippen molar-refractivity contribution in [3.8, 4) is 5.75 Å². The number of phenols is 1. The lowest BCUT2D eigenvalue weighted by molar-refractivity contribution is 0.0697. The van der Waals surface area contributed by atoms with Gasteiger partial charge >= 0.3 is 5.97 Å². The molecule has 0 unspecified atom stereocenters. The Morgan fingerprint density at radius 3 is 1.96 bits per heavy atom. The van der Waals surface area contributed by atoms with Crippen molar-refractivity contribution >= 4 is 11.7 Å². The van der Waals surface area contributed by atoms with E-state index in [1.807, 2.05) is 51.0 Å². The highest BCUT2D eigenvalue weighted by molar-refractivity contribution is 5.89. The first kappa shape index (κ1) is 16.9. The van der Waals surface area contributed by atoms with E-state index in [2.05, 4.69) is 0 Å². The minimum Gasteiger partial charge on any atom is -0.507 e. The first-order valence-corrected chi connectivity index (χ1v) is 7.61. The highest BCUT2D eigenvalue weighted by Gasteiger charge is 2.09. The zero-order chi connectivity index (χ0) is 17.1. The van der Waals surface area contributed by atoms with Crippen molar-refractivity contribution in [3.63, 3.8) is 0 Å². The molecule has 0 amide bonds. The predicted molar refractivity (Wildman–Crippen MR) is 92.7 cm³/mol. The Morgan fingerprint density at radius 1 is 0.957 bits per heavy atom. The number of aromatic hydroxyl groups is 1. The Kier molecular flexibility index (Phi) is 4.94. The molecule has 23 heavy (non-hydrogen) atoms. The minimum atomic E-state index is -0.911. The van der Waals surface area contributed by atoms with Gasteiger partial charge in [0.2, 0.25) is 0 Å². The molecule has 0 radical (unpaired) electrons. The van der Waals surface area contributed by atoms with Crippen LogP contribution in [0.15, 0.2) is 30.3 Å². The molecule has 0 bridgehead atoms. The zero-order valence-corrected chi connectivity index (χ0v) is 14.1. The van der Waals surface area contributed by atoms with Crippen molar-refractivity contribution in [1.82, 2.24) is 0 Å². The van der Waals surface area contributed by atoms with E-state index in [1.54, 1.807) is 12.1 Å². The maximum atomic E-state index is 11.3. The summed E-state index contributed by atoms with van der Waals surface area (Å²) >= 11 is 0. The molecule has 4 heteroatoms. The van der Waals surface area contributed by atoms with Gasteiger partial charge in [-0.3, -0.25) is 0 Å². The third kappa shape index (κ3) is 4.03. The molecule has 0 aromatic heterocycles. The Labute approximate surface area is 137 Å². The second-order valence-corrected chi connectivity index (χ2v) is 6.17. The van der Waals surface area contributed by atoms with Crippen molar-refractivity contribution in [2.75, 3.05) is 19.0 Å². The topological polar surface area (TPSA) is 60.8 Å². The van der Waals surface area contributed by atoms with Crippen LogP contribution in [0.3, 0.4) is 0 Å². The molecule has 0 heterocycles. The van der Waals surface area contributed by atoms with Gasteiger partial charge < -0.3 is 15.1 Å². The monoisotopic (exact) mass is 313 g/mol. The Balaban J connectivity index is 2.24. The highest BCUT2D eigenvalue weighted by atomic mass is 16.4. The lowest BCUT2D eigenvalue weighted by atomic mass is 9.98. The van der Waals surface area contributed by atoms with Crippen molar-refractivity contribution in [2.24, 2.45) is 0 Å². The molecule has 2 rings (SSSR count). The molecule has 2 aromatic carbocycles. The number of benzene rings is 2. The van der Waals surface area contributed by atoms with E-state index < -0.39 is 5.97 Å². The number of aromatic carboxylic acids is 1. The fourth-order valence-electron chi connectivity index (χ4n) is 2.68. The van der Waals surface area contributed by atoms with Crippen LogP contribution < -0.4 is 4.90 Å². The standard InChI is InChI=1S/C19H23NO3/c1-12-7-14(8-13(2)18(12)21)5-6-15-9-16(19(22)23)11-17(10-15)20(3)4/h7-11,21H,5-6H2,1-4H3,(H,22,23). The van der Waals surface area contributed by atoms with Gasteiger partial charge in [0.1, 0.15) is 5.75 Å². The summed E-state index contributed by atoms with van der Waals surface area (Å²) in [5.41, 5.74) is 5.07. The average molecular weight is 313 g/mol. The van der Waals surface area contributed by atoms with E-state index in [0.717, 1.165) is 40.8 Å². The van der Waals surface area contributed by atoms with Crippen molar-refractivity contribution in [2.45, 2.75) is 26.7 Å². The number of aryl methyl sites for hydroxylation is 4. The summed E-state index contributed by atoms with van der Waals surface area (Å²) in [6, 6.07) is 9.40. The Hall–Kier alpha value is -2.49. The lowest BCUT2D eigenvalue weighted by Gasteiger charge is -2.15. The number of nitrogens with zero attached hydrogens (tertiary/aromatic N) is 1. The second-order valence-electron chi connectivity index (χ2n) is 6.17. The molecule has 0 saturated heterocycles. The van der Waals surface area contributed by atoms with Gasteiger partial charge in [-0.2, -0.15) is 0 Å². The van der Waals surface area contributed by atoms with Crippen LogP contribution in [-0.2, 0) is 12.8 Å². The predicted octanol–water partition coefficient (Wildman–Crippen LogP) is 3.56. The van der Waals surface area contributed by atoms with E-state index in [9.17, 15) is 15.0 Å². The molecule has 2 aromatic rings. The van der Waals surface area contributed by atoms with E-state index in [0.29, 0.717) is 11.3 Å². The van der Waals surface area contributed by atoms with Gasteiger partial charge in [-0.1, -0.05) is 12.1 Å². The molecule has 0 atom stereocenters. The average Bonchev–Trinajstić information content (AvgIpc) is 2.50. The Bertz CT molecular complexity index is 712. The molecule has 0 fully saturated rings. The number of carboxylic acid groups (broad SMARTS) is 1. The van der Waals surface area contributed by atoms with Gasteiger partial charge in [0, 0.05) is 19.8 Å². The summed E-state index contributed by atoms with van der Waals surface area (Å²) < 4.78 is 0. The number of rotatable bonds is 5. The molecule has 0 aliphatic heterocycles. The quantitative estimate of drug-likeness (QED) is 0.886. The van der Waals surface area contributed by atoms with Crippen LogP contribution in [0.4, 0.5) is 5.69 Å². The van der Waals surface area contributed by atoms with Gasteiger partial charge in [0.05, 0.1) is 5.56 Å². The first-order chi connectivity index (χ1) is 10.8. The lowest BCUT2D eigenvalue weighted by Crippen LogP contribution is -2.11. The maximum absolute atomic E-state index is 11.3. The van der Waals surface area contributed by atoms with Crippen LogP contribution in [0.25, 0.3) is 0 Å². The number of hydrogen-bond acceptors (Lipinski definition) is 3. The number of phenolic OH excluding ortho intramolecular Hbond substituents is 1. The summed E-state index contributed by atoms with van der Waals surface area (Å²) in [5.74, 6) is -0.567. The fourth-order valence-corrected chi connectivity index (χ4v) is 2.68. The van der Waals surface area contributed by atoms with Gasteiger partial charge in [-0.05, 0) is 67.1 Å². The van der Waals surface area contributed by atoms with Crippen molar-refractivity contribution in [3.05, 3.63) is 58.1 Å². The largest absolute Gasteiger partial charge is 0.507 e. The number of hydrogen-bond donors (Lipinski definition) is 2. The highest BCUT2D eigenvalue weighted by Crippen LogP contribution is 2.24. The van der Waals surface area contributed by atoms with Crippen LogP contribution in [0.2, 0.25) is 0 Å². The summed E-state index contributed by atoms with van der Waals surface area (Å²) in [6.07, 6.45) is 1.56. The fraction of sp³-hybridized carbons (Fsp3) is 0.316. The summed E-state index contributed by atoms with van der Waals surface area (Å²) in [5, 5.41) is 19.1. The minimum absolute atomic E-state index is 0.310. The first-order valence-electron chi connectivity index (χ1n) is 7.61. The molecule has 4 nitrogen and oxygen atoms in total. The molecular formula is C19H23NO3. The Morgan fingerprint density at radius 2 is 1.48 bits per heavy atom. The van der Waals surface area contributed by atoms with Crippen LogP contribution >= 0.6 is 0 Å². The molecule has 0 spiro atoms. The number of carboxylic acids is 1. The van der Waals surface area contributed by atoms with E-state index >= 15 is 0 Å². The third-order valence-corrected chi connectivity index (χ3v) is 3.99. The van der Waals surface area contributed by atoms with Crippen LogP contribution in [0.1, 0.15) is 32.6 Å². The van der Waals surface area contributed by atoms with E-state index in [1.165, 1.54) is 0 Å². The van der Waals surface area contributed by atoms with Crippen molar-refractivity contribution in [1.29, 1.82) is 0 Å².